The minimum Gasteiger partial charge on any atom is -0.444 e. The Morgan fingerprint density at radius 3 is 1.19 bits per heavy atom. The first-order valence-electron chi connectivity index (χ1n) is 37.1. The number of aromatic nitrogens is 4. The normalized spacial score (nSPS) is 13.2. The van der Waals surface area contributed by atoms with Crippen LogP contribution in [-0.4, -0.2) is 186 Å². The Morgan fingerprint density at radius 1 is 0.522 bits per heavy atom. The molecule has 616 valence electrons. The number of ether oxygens (including phenoxy) is 4. The fourth-order valence-electron chi connectivity index (χ4n) is 11.7. The van der Waals surface area contributed by atoms with Gasteiger partial charge in [0.05, 0.1) is 68.5 Å². The monoisotopic (exact) mass is 1760 g/mol. The number of nitrogens with zero attached hydrogens (tertiary/aromatic N) is 7. The zero-order chi connectivity index (χ0) is 78.7. The Balaban J connectivity index is 0.000000430. The predicted octanol–water partition coefficient (Wildman–Crippen LogP) is 12.4. The second-order valence-corrected chi connectivity index (χ2v) is 30.9. The Labute approximate surface area is 705 Å². The molecule has 0 bridgehead atoms. The topological polar surface area (TPSA) is 333 Å². The summed E-state index contributed by atoms with van der Waals surface area (Å²) < 4.78 is 20.9. The third-order valence-corrected chi connectivity index (χ3v) is 21.4. The zero-order valence-electron chi connectivity index (χ0n) is 64.5. The Bertz CT molecular complexity index is 3940. The predicted molar refractivity (Wildman–Crippen MR) is 462 cm³/mol. The summed E-state index contributed by atoms with van der Waals surface area (Å²) in [5.41, 5.74) is 15.2. The van der Waals surface area contributed by atoms with Gasteiger partial charge in [0, 0.05) is 92.9 Å². The molecular weight excluding hydrogens is 1650 g/mol. The molecular formula is C81H113IN14O12S5. The largest absolute Gasteiger partial charge is 0.444 e. The number of rotatable bonds is 41. The molecule has 1 aliphatic heterocycles. The van der Waals surface area contributed by atoms with E-state index in [1.54, 1.807) is 65.1 Å². The molecule has 0 unspecified atom stereocenters. The average Bonchev–Trinajstić information content (AvgIpc) is 1.61. The van der Waals surface area contributed by atoms with Gasteiger partial charge in [0.1, 0.15) is 51.1 Å². The molecule has 0 spiro atoms. The summed E-state index contributed by atoms with van der Waals surface area (Å²) in [5.74, 6) is 0.0813. The van der Waals surface area contributed by atoms with E-state index in [1.165, 1.54) is 27.6 Å². The van der Waals surface area contributed by atoms with Crippen LogP contribution in [-0.2, 0) is 90.1 Å². The van der Waals surface area contributed by atoms with Gasteiger partial charge in [-0.3, -0.25) is 24.5 Å². The van der Waals surface area contributed by atoms with Crippen molar-refractivity contribution in [1.82, 2.24) is 66.5 Å². The molecule has 113 heavy (non-hydrogen) atoms. The summed E-state index contributed by atoms with van der Waals surface area (Å²) in [7, 11) is 3.41. The van der Waals surface area contributed by atoms with E-state index in [4.69, 9.17) is 19.9 Å². The number of amides is 8. The van der Waals surface area contributed by atoms with Crippen LogP contribution in [0.2, 0.25) is 0 Å². The van der Waals surface area contributed by atoms with E-state index in [9.17, 15) is 38.4 Å². The highest BCUT2D eigenvalue weighted by Gasteiger charge is 2.30. The summed E-state index contributed by atoms with van der Waals surface area (Å²) in [6.07, 6.45) is 8.96. The smallest absolute Gasteiger partial charge is 0.407 e. The number of thiazole rings is 4. The third-order valence-electron chi connectivity index (χ3n) is 17.5. The number of nitrogens with one attached hydrogen (secondary N) is 6. The molecule has 0 radical (unpaired) electrons. The van der Waals surface area contributed by atoms with Crippen molar-refractivity contribution in [2.24, 2.45) is 5.73 Å². The van der Waals surface area contributed by atoms with E-state index < -0.39 is 24.3 Å². The van der Waals surface area contributed by atoms with Crippen LogP contribution in [0.1, 0.15) is 139 Å². The molecule has 6 atom stereocenters. The van der Waals surface area contributed by atoms with Crippen LogP contribution < -0.4 is 37.6 Å². The van der Waals surface area contributed by atoms with Gasteiger partial charge in [0.15, 0.2) is 0 Å². The molecule has 32 heteroatoms. The van der Waals surface area contributed by atoms with Crippen molar-refractivity contribution in [3.63, 3.8) is 0 Å². The van der Waals surface area contributed by atoms with Gasteiger partial charge in [0.2, 0.25) is 11.8 Å². The molecule has 0 aliphatic carbocycles. The highest BCUT2D eigenvalue weighted by atomic mass is 127. The molecule has 26 nitrogen and oxygen atoms in total. The first kappa shape index (κ1) is 97.0. The number of hydrogen-bond donors (Lipinski definition) is 7. The van der Waals surface area contributed by atoms with Gasteiger partial charge in [0.25, 0.3) is 0 Å². The number of halogens is 1. The molecule has 1 saturated heterocycles. The number of benzene rings is 4. The van der Waals surface area contributed by atoms with Gasteiger partial charge in [-0.25, -0.2) is 29.1 Å². The molecule has 1 fully saturated rings. The number of aldehydes is 2. The molecule has 9 rings (SSSR count). The van der Waals surface area contributed by atoms with Crippen molar-refractivity contribution in [2.75, 3.05) is 66.7 Å². The number of urea groups is 2. The highest BCUT2D eigenvalue weighted by Crippen LogP contribution is 2.23. The summed E-state index contributed by atoms with van der Waals surface area (Å²) in [5, 5.41) is 24.5. The number of carbonyl (C=O) groups is 8. The maximum atomic E-state index is 14.2. The molecule has 8 aromatic rings. The van der Waals surface area contributed by atoms with E-state index in [0.717, 1.165) is 66.5 Å². The standard InChI is InChI=1S/C40H53N7O5S2.C36H47N7O4S2.C4H6O3.CH4.HI.H2S/c1-29(2)38-43-34(27-53-38)25-46(3)39(49)45-36(16-17-47-18-20-51-21-19-47)37(48)42-32(22-30-10-6-4-7-11-30)14-15-33(23-31-12-8-5-9-13-31)44-40(50)52-26-35-24-41-28-54-35;1-25(2)34-40-30(23-48-34)21-43(3)35(45)42-32(16-17-37)33(44)39-28(18-26-10-6-4-7-11-26)14-15-29(19-27-12-8-5-9-13-27)41-36(46)47-22-31-20-38-24-49-31;5-1-3-7-4-2-6;;;/h4-13,24,27-29,32-33,36H,14-23,25-26H2,1-3H3,(H,42,48)(H,44,50)(H,45,49);4-13,20,23-25,28-29,32H,14-19,21-22,37H2,1-3H3,(H,39,44)(H,41,46)(H,42,45);1-2H,3-4H2;1H4;1H;1H2/t32-,33-,36+;28-,29-,32+;;;;/m11..../s1. The van der Waals surface area contributed by atoms with Crippen molar-refractivity contribution in [3.8, 4) is 0 Å². The maximum Gasteiger partial charge on any atom is 0.407 e. The lowest BCUT2D eigenvalue weighted by atomic mass is 9.95. The number of hydrogen-bond acceptors (Lipinski definition) is 22. The van der Waals surface area contributed by atoms with Crippen LogP contribution in [0.3, 0.4) is 0 Å². The number of nitrogens with two attached hydrogens (primary N) is 1. The van der Waals surface area contributed by atoms with Gasteiger partial charge in [-0.05, 0) is 93.0 Å². The van der Waals surface area contributed by atoms with Crippen LogP contribution in [0.15, 0.2) is 156 Å². The minimum absolute atomic E-state index is 0. The molecule has 8 amide bonds. The lowest BCUT2D eigenvalue weighted by molar-refractivity contribution is -0.124. The zero-order valence-corrected chi connectivity index (χ0v) is 71.1. The molecule has 1 aliphatic rings. The minimum atomic E-state index is -0.820. The van der Waals surface area contributed by atoms with E-state index in [-0.39, 0.29) is 132 Å². The maximum absolute atomic E-state index is 14.2. The second-order valence-electron chi connectivity index (χ2n) is 27.2. The Hall–Kier alpha value is -8.32. The van der Waals surface area contributed by atoms with E-state index >= 15 is 0 Å². The number of morpholine rings is 1. The van der Waals surface area contributed by atoms with Crippen molar-refractivity contribution in [2.45, 2.75) is 174 Å². The number of alkyl carbamates (subject to hydrolysis) is 2. The fourth-order valence-corrected chi connectivity index (χ4v) is 14.4. The van der Waals surface area contributed by atoms with Crippen LogP contribution in [0, 0.1) is 0 Å². The highest BCUT2D eigenvalue weighted by molar-refractivity contribution is 14.0. The molecule has 5 heterocycles. The van der Waals surface area contributed by atoms with E-state index in [2.05, 4.69) is 89.2 Å². The summed E-state index contributed by atoms with van der Waals surface area (Å²) in [4.78, 5) is 124. The fraction of sp³-hybridized carbons (Fsp3) is 0.457. The number of carbonyl (C=O) groups excluding carboxylic acids is 8. The molecule has 0 saturated carbocycles. The Kier molecular flexibility index (Phi) is 47.4. The second kappa shape index (κ2) is 55.2. The van der Waals surface area contributed by atoms with Gasteiger partial charge >= 0.3 is 24.2 Å². The summed E-state index contributed by atoms with van der Waals surface area (Å²) in [6.45, 7) is 13.1. The molecule has 4 aromatic carbocycles. The lowest BCUT2D eigenvalue weighted by Crippen LogP contribution is -2.54. The van der Waals surface area contributed by atoms with Gasteiger partial charge in [-0.1, -0.05) is 156 Å². The van der Waals surface area contributed by atoms with Crippen molar-refractivity contribution >= 4 is 131 Å². The van der Waals surface area contributed by atoms with Gasteiger partial charge in [-0.15, -0.1) is 69.3 Å². The molecule has 8 N–H and O–H groups in total. The van der Waals surface area contributed by atoms with Crippen LogP contribution in [0.5, 0.6) is 0 Å². The first-order valence-corrected chi connectivity index (χ1v) is 40.6. The van der Waals surface area contributed by atoms with E-state index in [1.807, 2.05) is 132 Å². The van der Waals surface area contributed by atoms with Crippen molar-refractivity contribution in [3.05, 3.63) is 209 Å². The van der Waals surface area contributed by atoms with Crippen LogP contribution in [0.25, 0.3) is 0 Å². The Morgan fingerprint density at radius 2 is 0.876 bits per heavy atom. The van der Waals surface area contributed by atoms with Crippen molar-refractivity contribution in [1.29, 1.82) is 0 Å². The lowest BCUT2D eigenvalue weighted by Gasteiger charge is -2.30. The summed E-state index contributed by atoms with van der Waals surface area (Å²) in [6, 6.07) is 36.6. The van der Waals surface area contributed by atoms with Crippen LogP contribution >= 0.6 is 82.8 Å². The van der Waals surface area contributed by atoms with Crippen LogP contribution in [0.4, 0.5) is 19.2 Å². The molecule has 4 aromatic heterocycles. The van der Waals surface area contributed by atoms with Gasteiger partial charge in [-0.2, -0.15) is 13.5 Å². The first-order chi connectivity index (χ1) is 53.3. The third kappa shape index (κ3) is 38.1. The van der Waals surface area contributed by atoms with Gasteiger partial charge < -0.3 is 76.0 Å². The SMILES string of the molecule is C.CC(C)c1nc(CN(C)C(=O)N[C@@H](CCN)C(=O)N[C@H](CC[C@H](Cc2ccccc2)NC(=O)OCc2cncs2)Cc2ccccc2)cs1.CC(C)c1nc(CN(C)C(=O)N[C@@H](CCN2CCOCC2)C(=O)N[C@H](CC[C@H](Cc2ccccc2)NC(=O)OCc2cncs2)Cc2ccccc2)cs1.I.O=CCOCC=O.S. The van der Waals surface area contributed by atoms with E-state index in [0.29, 0.717) is 115 Å². The van der Waals surface area contributed by atoms with Crippen molar-refractivity contribution < 1.29 is 57.3 Å². The quantitative estimate of drug-likeness (QED) is 0.0106. The summed E-state index contributed by atoms with van der Waals surface area (Å²) >= 11 is 6.02. The average molecular weight is 1760 g/mol.